The molecule has 1 aromatic carbocycles. The summed E-state index contributed by atoms with van der Waals surface area (Å²) in [4.78, 5) is 34.2. The molecule has 0 spiro atoms. The van der Waals surface area contributed by atoms with Crippen LogP contribution >= 0.6 is 11.3 Å². The molecule has 0 fully saturated rings. The van der Waals surface area contributed by atoms with Crippen molar-refractivity contribution >= 4 is 28.3 Å². The van der Waals surface area contributed by atoms with Gasteiger partial charge in [0.05, 0.1) is 22.6 Å². The molecule has 3 heterocycles. The molecule has 0 aliphatic heterocycles. The number of amides is 1. The third kappa shape index (κ3) is 5.07. The van der Waals surface area contributed by atoms with Gasteiger partial charge in [0.1, 0.15) is 17.3 Å². The first kappa shape index (κ1) is 20.2. The molecule has 0 saturated carbocycles. The number of benzene rings is 1. The minimum Gasteiger partial charge on any atom is -0.343 e. The number of imidazole rings is 1. The van der Waals surface area contributed by atoms with E-state index in [0.717, 1.165) is 58.8 Å². The Kier molecular flexibility index (Phi) is 6.44. The molecule has 1 amide bonds. The van der Waals surface area contributed by atoms with E-state index in [4.69, 9.17) is 0 Å². The number of unbranched alkanes of at least 4 members (excludes halogenated alkanes) is 2. The Morgan fingerprint density at radius 3 is 2.67 bits per heavy atom. The fourth-order valence-electron chi connectivity index (χ4n) is 3.30. The largest absolute Gasteiger partial charge is 0.343 e. The molecule has 154 valence electrons. The SMILES string of the molecule is Cc1sc(CCCCCc2nc3ccccc3[nH]2)nc1C(=O)NCc1ncccn1. The highest BCUT2D eigenvalue weighted by Crippen LogP contribution is 2.20. The lowest BCUT2D eigenvalue weighted by molar-refractivity contribution is 0.0945. The van der Waals surface area contributed by atoms with Crippen molar-refractivity contribution in [3.8, 4) is 0 Å². The van der Waals surface area contributed by atoms with Crippen molar-refractivity contribution in [3.05, 3.63) is 70.0 Å². The lowest BCUT2D eigenvalue weighted by Gasteiger charge is -2.02. The van der Waals surface area contributed by atoms with Gasteiger partial charge in [-0.1, -0.05) is 18.6 Å². The van der Waals surface area contributed by atoms with E-state index in [2.05, 4.69) is 36.3 Å². The van der Waals surface area contributed by atoms with Gasteiger partial charge in [-0.3, -0.25) is 4.79 Å². The van der Waals surface area contributed by atoms with Crippen LogP contribution in [0.3, 0.4) is 0 Å². The Balaban J connectivity index is 1.22. The molecule has 4 rings (SSSR count). The number of hydrogen-bond acceptors (Lipinski definition) is 6. The number of H-pyrrole nitrogens is 1. The number of aryl methyl sites for hydroxylation is 3. The highest BCUT2D eigenvalue weighted by molar-refractivity contribution is 7.11. The summed E-state index contributed by atoms with van der Waals surface area (Å²) in [5, 5.41) is 3.86. The summed E-state index contributed by atoms with van der Waals surface area (Å²) in [6.45, 7) is 2.24. The fraction of sp³-hybridized carbons (Fsp3) is 0.318. The Hall–Kier alpha value is -3.13. The van der Waals surface area contributed by atoms with Crippen LogP contribution in [0, 0.1) is 6.92 Å². The highest BCUT2D eigenvalue weighted by Gasteiger charge is 2.15. The number of nitrogens with one attached hydrogen (secondary N) is 2. The number of aromatic nitrogens is 5. The zero-order valence-electron chi connectivity index (χ0n) is 16.9. The van der Waals surface area contributed by atoms with Crippen LogP contribution in [0.2, 0.25) is 0 Å². The predicted molar refractivity (Wildman–Crippen MR) is 117 cm³/mol. The first-order chi connectivity index (χ1) is 14.7. The maximum absolute atomic E-state index is 12.4. The van der Waals surface area contributed by atoms with Crippen LogP contribution in [-0.4, -0.2) is 30.8 Å². The smallest absolute Gasteiger partial charge is 0.271 e. The van der Waals surface area contributed by atoms with E-state index in [-0.39, 0.29) is 5.91 Å². The van der Waals surface area contributed by atoms with Gasteiger partial charge >= 0.3 is 0 Å². The number of para-hydroxylation sites is 2. The third-order valence-electron chi connectivity index (χ3n) is 4.82. The minimum absolute atomic E-state index is 0.174. The van der Waals surface area contributed by atoms with Gasteiger partial charge in [0.25, 0.3) is 5.91 Å². The van der Waals surface area contributed by atoms with Crippen molar-refractivity contribution in [1.82, 2.24) is 30.2 Å². The summed E-state index contributed by atoms with van der Waals surface area (Å²) >= 11 is 1.60. The first-order valence-corrected chi connectivity index (χ1v) is 10.9. The van der Waals surface area contributed by atoms with Crippen LogP contribution in [0.4, 0.5) is 0 Å². The van der Waals surface area contributed by atoms with Crippen LogP contribution in [0.15, 0.2) is 42.7 Å². The summed E-state index contributed by atoms with van der Waals surface area (Å²) in [5.41, 5.74) is 2.62. The number of nitrogens with zero attached hydrogens (tertiary/aromatic N) is 4. The van der Waals surface area contributed by atoms with Crippen molar-refractivity contribution in [2.75, 3.05) is 0 Å². The predicted octanol–water partition coefficient (Wildman–Crippen LogP) is 4.00. The summed E-state index contributed by atoms with van der Waals surface area (Å²) in [5.74, 6) is 1.46. The minimum atomic E-state index is -0.174. The number of carbonyl (C=O) groups is 1. The molecule has 7 nitrogen and oxygen atoms in total. The Labute approximate surface area is 179 Å². The number of thiazole rings is 1. The Morgan fingerprint density at radius 2 is 1.83 bits per heavy atom. The van der Waals surface area contributed by atoms with Crippen molar-refractivity contribution in [2.24, 2.45) is 0 Å². The van der Waals surface area contributed by atoms with Crippen LogP contribution in [0.1, 0.15) is 51.3 Å². The van der Waals surface area contributed by atoms with Crippen molar-refractivity contribution in [2.45, 2.75) is 45.6 Å². The molecule has 0 bridgehead atoms. The van der Waals surface area contributed by atoms with Gasteiger partial charge in [-0.2, -0.15) is 0 Å². The maximum Gasteiger partial charge on any atom is 0.271 e. The second-order valence-corrected chi connectivity index (χ2v) is 8.41. The molecule has 0 radical (unpaired) electrons. The zero-order chi connectivity index (χ0) is 20.8. The van der Waals surface area contributed by atoms with Gasteiger partial charge in [0.15, 0.2) is 0 Å². The molecule has 0 unspecified atom stereocenters. The second-order valence-electron chi connectivity index (χ2n) is 7.12. The quantitative estimate of drug-likeness (QED) is 0.399. The van der Waals surface area contributed by atoms with E-state index in [1.807, 2.05) is 25.1 Å². The lowest BCUT2D eigenvalue weighted by Crippen LogP contribution is -2.24. The summed E-state index contributed by atoms with van der Waals surface area (Å²) in [7, 11) is 0. The molecule has 0 aliphatic rings. The number of aromatic amines is 1. The van der Waals surface area contributed by atoms with Crippen LogP contribution in [0.25, 0.3) is 11.0 Å². The van der Waals surface area contributed by atoms with Gasteiger partial charge in [-0.05, 0) is 44.4 Å². The van der Waals surface area contributed by atoms with E-state index in [0.29, 0.717) is 18.1 Å². The molecule has 0 aliphatic carbocycles. The first-order valence-electron chi connectivity index (χ1n) is 10.1. The molecule has 0 saturated heterocycles. The van der Waals surface area contributed by atoms with Gasteiger partial charge in [0.2, 0.25) is 0 Å². The van der Waals surface area contributed by atoms with Crippen molar-refractivity contribution < 1.29 is 4.79 Å². The topological polar surface area (TPSA) is 96.5 Å². The van der Waals surface area contributed by atoms with Crippen molar-refractivity contribution in [3.63, 3.8) is 0 Å². The Morgan fingerprint density at radius 1 is 1.03 bits per heavy atom. The second kappa shape index (κ2) is 9.58. The average Bonchev–Trinajstić information content (AvgIpc) is 3.35. The summed E-state index contributed by atoms with van der Waals surface area (Å²) in [6.07, 6.45) is 8.38. The lowest BCUT2D eigenvalue weighted by atomic mass is 10.1. The third-order valence-corrected chi connectivity index (χ3v) is 5.86. The summed E-state index contributed by atoms with van der Waals surface area (Å²) < 4.78 is 0. The van der Waals surface area contributed by atoms with E-state index in [1.165, 1.54) is 0 Å². The van der Waals surface area contributed by atoms with E-state index in [9.17, 15) is 4.79 Å². The van der Waals surface area contributed by atoms with Crippen LogP contribution < -0.4 is 5.32 Å². The molecule has 4 aromatic rings. The van der Waals surface area contributed by atoms with Gasteiger partial charge in [0, 0.05) is 23.7 Å². The maximum atomic E-state index is 12.4. The molecular weight excluding hydrogens is 396 g/mol. The standard InChI is InChI=1S/C22H24N6OS/c1-15-21(22(29)25-14-19-23-12-7-13-24-19)28-20(30-15)11-4-2-3-10-18-26-16-8-5-6-9-17(16)27-18/h5-9,12-13H,2-4,10-11,14H2,1H3,(H,25,29)(H,26,27). The van der Waals surface area contributed by atoms with Gasteiger partial charge in [-0.15, -0.1) is 11.3 Å². The normalized spacial score (nSPS) is 11.1. The molecule has 8 heteroatoms. The van der Waals surface area contributed by atoms with E-state index < -0.39 is 0 Å². The average molecular weight is 421 g/mol. The number of hydrogen-bond donors (Lipinski definition) is 2. The molecule has 3 aromatic heterocycles. The van der Waals surface area contributed by atoms with Gasteiger partial charge < -0.3 is 10.3 Å². The fourth-order valence-corrected chi connectivity index (χ4v) is 4.27. The van der Waals surface area contributed by atoms with E-state index in [1.54, 1.807) is 29.8 Å². The molecule has 30 heavy (non-hydrogen) atoms. The zero-order valence-corrected chi connectivity index (χ0v) is 17.7. The number of carbonyl (C=O) groups excluding carboxylic acids is 1. The van der Waals surface area contributed by atoms with Crippen molar-refractivity contribution in [1.29, 1.82) is 0 Å². The summed E-state index contributed by atoms with van der Waals surface area (Å²) in [6, 6.07) is 9.86. The molecular formula is C22H24N6OS. The van der Waals surface area contributed by atoms with Crippen LogP contribution in [0.5, 0.6) is 0 Å². The van der Waals surface area contributed by atoms with Gasteiger partial charge in [-0.25, -0.2) is 19.9 Å². The van der Waals surface area contributed by atoms with Crippen LogP contribution in [-0.2, 0) is 19.4 Å². The monoisotopic (exact) mass is 420 g/mol. The number of rotatable bonds is 9. The number of fused-ring (bicyclic) bond motifs is 1. The molecule has 2 N–H and O–H groups in total. The highest BCUT2D eigenvalue weighted by atomic mass is 32.1. The van der Waals surface area contributed by atoms with E-state index >= 15 is 0 Å². The Bertz CT molecular complexity index is 1090. The molecule has 0 atom stereocenters.